The molecular formula is C18H21ClN2O2. The highest BCUT2D eigenvalue weighted by Crippen LogP contribution is 2.28. The molecule has 2 amide bonds. The van der Waals surface area contributed by atoms with Crippen LogP contribution in [0.15, 0.2) is 47.1 Å². The average molecular weight is 333 g/mol. The number of carbonyl (C=O) groups excluding carboxylic acids is 1. The summed E-state index contributed by atoms with van der Waals surface area (Å²) in [5.74, 6) is 1.41. The van der Waals surface area contributed by atoms with Gasteiger partial charge >= 0.3 is 6.03 Å². The second-order valence-electron chi connectivity index (χ2n) is 6.04. The number of benzene rings is 1. The molecule has 0 saturated heterocycles. The van der Waals surface area contributed by atoms with Gasteiger partial charge in [-0.25, -0.2) is 4.79 Å². The van der Waals surface area contributed by atoms with E-state index in [9.17, 15) is 4.79 Å². The zero-order valence-corrected chi connectivity index (χ0v) is 13.7. The molecule has 3 rings (SSSR count). The van der Waals surface area contributed by atoms with E-state index in [0.717, 1.165) is 37.1 Å². The third-order valence-corrected chi connectivity index (χ3v) is 4.62. The van der Waals surface area contributed by atoms with Gasteiger partial charge in [-0.15, -0.1) is 0 Å². The molecule has 1 aliphatic rings. The zero-order valence-electron chi connectivity index (χ0n) is 12.9. The lowest BCUT2D eigenvalue weighted by atomic mass is 9.82. The summed E-state index contributed by atoms with van der Waals surface area (Å²) in [6, 6.07) is 11.0. The summed E-state index contributed by atoms with van der Waals surface area (Å²) in [6.07, 6.45) is 7.07. The summed E-state index contributed by atoms with van der Waals surface area (Å²) >= 11 is 5.85. The van der Waals surface area contributed by atoms with Gasteiger partial charge in [-0.3, -0.25) is 0 Å². The molecule has 1 fully saturated rings. The summed E-state index contributed by atoms with van der Waals surface area (Å²) in [5, 5.41) is 6.64. The molecular weight excluding hydrogens is 312 g/mol. The Hall–Kier alpha value is -1.94. The lowest BCUT2D eigenvalue weighted by molar-refractivity contribution is 0.224. The van der Waals surface area contributed by atoms with E-state index in [2.05, 4.69) is 10.6 Å². The van der Waals surface area contributed by atoms with Crippen LogP contribution in [-0.2, 0) is 6.42 Å². The monoisotopic (exact) mass is 332 g/mol. The summed E-state index contributed by atoms with van der Waals surface area (Å²) in [4.78, 5) is 12.2. The van der Waals surface area contributed by atoms with Crippen molar-refractivity contribution in [1.82, 2.24) is 5.32 Å². The maximum atomic E-state index is 12.2. The largest absolute Gasteiger partial charge is 0.469 e. The average Bonchev–Trinajstić information content (AvgIpc) is 3.05. The number of furan rings is 1. The summed E-state index contributed by atoms with van der Waals surface area (Å²) < 4.78 is 5.46. The van der Waals surface area contributed by atoms with Crippen molar-refractivity contribution in [1.29, 1.82) is 0 Å². The van der Waals surface area contributed by atoms with Crippen LogP contribution in [0.5, 0.6) is 0 Å². The molecule has 1 aromatic heterocycles. The van der Waals surface area contributed by atoms with Crippen LogP contribution in [0.1, 0.15) is 31.4 Å². The summed E-state index contributed by atoms with van der Waals surface area (Å²) in [7, 11) is 0. The van der Waals surface area contributed by atoms with Gasteiger partial charge in [0.05, 0.1) is 6.26 Å². The number of amides is 2. The molecule has 0 radical (unpaired) electrons. The van der Waals surface area contributed by atoms with E-state index in [1.807, 2.05) is 12.1 Å². The fourth-order valence-electron chi connectivity index (χ4n) is 3.20. The van der Waals surface area contributed by atoms with Crippen molar-refractivity contribution in [2.45, 2.75) is 38.1 Å². The molecule has 1 aromatic carbocycles. The quantitative estimate of drug-likeness (QED) is 0.840. The Labute approximate surface area is 141 Å². The molecule has 2 N–H and O–H groups in total. The number of carbonyl (C=O) groups is 1. The molecule has 0 aliphatic heterocycles. The van der Waals surface area contributed by atoms with Crippen LogP contribution in [0.3, 0.4) is 0 Å². The molecule has 1 saturated carbocycles. The standard InChI is InChI=1S/C18H21ClN2O2/c19-14-7-9-15(10-8-14)20-18(22)21-17-6-2-1-4-13(17)12-16-5-3-11-23-16/h3,5,7-11,13,17H,1-2,4,6,12H2,(H2,20,21,22)/t13-,17+/m1/s1. The topological polar surface area (TPSA) is 54.3 Å². The minimum Gasteiger partial charge on any atom is -0.469 e. The van der Waals surface area contributed by atoms with Crippen LogP contribution in [0.25, 0.3) is 0 Å². The number of halogens is 1. The molecule has 1 heterocycles. The van der Waals surface area contributed by atoms with Gasteiger partial charge in [0, 0.05) is 23.2 Å². The van der Waals surface area contributed by atoms with Gasteiger partial charge in [-0.05, 0) is 55.2 Å². The molecule has 5 heteroatoms. The number of hydrogen-bond acceptors (Lipinski definition) is 2. The van der Waals surface area contributed by atoms with Crippen LogP contribution in [0.4, 0.5) is 10.5 Å². The van der Waals surface area contributed by atoms with E-state index in [1.165, 1.54) is 6.42 Å². The van der Waals surface area contributed by atoms with Crippen LogP contribution < -0.4 is 10.6 Å². The van der Waals surface area contributed by atoms with Gasteiger partial charge < -0.3 is 15.1 Å². The second kappa shape index (κ2) is 7.55. The molecule has 23 heavy (non-hydrogen) atoms. The van der Waals surface area contributed by atoms with E-state index < -0.39 is 0 Å². The minimum atomic E-state index is -0.163. The molecule has 0 spiro atoms. The maximum Gasteiger partial charge on any atom is 0.319 e. The van der Waals surface area contributed by atoms with Crippen LogP contribution in [0, 0.1) is 5.92 Å². The van der Waals surface area contributed by atoms with Gasteiger partial charge in [-0.2, -0.15) is 0 Å². The van der Waals surface area contributed by atoms with Gasteiger partial charge in [0.1, 0.15) is 5.76 Å². The number of anilines is 1. The Bertz CT molecular complexity index is 625. The first-order chi connectivity index (χ1) is 11.2. The third-order valence-electron chi connectivity index (χ3n) is 4.37. The normalized spacial score (nSPS) is 20.9. The Kier molecular flexibility index (Phi) is 5.23. The lowest BCUT2D eigenvalue weighted by Gasteiger charge is -2.31. The smallest absolute Gasteiger partial charge is 0.319 e. The molecule has 0 bridgehead atoms. The minimum absolute atomic E-state index is 0.163. The van der Waals surface area contributed by atoms with Crippen molar-refractivity contribution >= 4 is 23.3 Å². The zero-order chi connectivity index (χ0) is 16.1. The van der Waals surface area contributed by atoms with Crippen molar-refractivity contribution < 1.29 is 9.21 Å². The van der Waals surface area contributed by atoms with E-state index in [4.69, 9.17) is 16.0 Å². The number of rotatable bonds is 4. The van der Waals surface area contributed by atoms with E-state index in [0.29, 0.717) is 10.9 Å². The maximum absolute atomic E-state index is 12.2. The Morgan fingerprint density at radius 3 is 2.70 bits per heavy atom. The van der Waals surface area contributed by atoms with Crippen LogP contribution >= 0.6 is 11.6 Å². The van der Waals surface area contributed by atoms with Gasteiger partial charge in [0.15, 0.2) is 0 Å². The first-order valence-corrected chi connectivity index (χ1v) is 8.44. The Balaban J connectivity index is 1.57. The van der Waals surface area contributed by atoms with E-state index >= 15 is 0 Å². The molecule has 0 unspecified atom stereocenters. The van der Waals surface area contributed by atoms with Crippen LogP contribution in [-0.4, -0.2) is 12.1 Å². The fraction of sp³-hybridized carbons (Fsp3) is 0.389. The Morgan fingerprint density at radius 2 is 1.96 bits per heavy atom. The first-order valence-electron chi connectivity index (χ1n) is 8.06. The van der Waals surface area contributed by atoms with Crippen molar-refractivity contribution in [2.75, 3.05) is 5.32 Å². The number of hydrogen-bond donors (Lipinski definition) is 2. The predicted octanol–water partition coefficient (Wildman–Crippen LogP) is 4.86. The van der Waals surface area contributed by atoms with Crippen molar-refractivity contribution in [3.63, 3.8) is 0 Å². The lowest BCUT2D eigenvalue weighted by Crippen LogP contribution is -2.44. The third kappa shape index (κ3) is 4.52. The Morgan fingerprint density at radius 1 is 1.17 bits per heavy atom. The fourth-order valence-corrected chi connectivity index (χ4v) is 3.32. The highest BCUT2D eigenvalue weighted by atomic mass is 35.5. The predicted molar refractivity (Wildman–Crippen MR) is 91.8 cm³/mol. The molecule has 4 nitrogen and oxygen atoms in total. The SMILES string of the molecule is O=C(Nc1ccc(Cl)cc1)N[C@H]1CCCC[C@@H]1Cc1ccco1. The van der Waals surface area contributed by atoms with Crippen molar-refractivity contribution in [3.05, 3.63) is 53.4 Å². The summed E-state index contributed by atoms with van der Waals surface area (Å²) in [5.41, 5.74) is 0.741. The van der Waals surface area contributed by atoms with E-state index in [1.54, 1.807) is 30.5 Å². The number of urea groups is 1. The highest BCUT2D eigenvalue weighted by molar-refractivity contribution is 6.30. The molecule has 2 aromatic rings. The number of nitrogens with one attached hydrogen (secondary N) is 2. The summed E-state index contributed by atoms with van der Waals surface area (Å²) in [6.45, 7) is 0. The van der Waals surface area contributed by atoms with Gasteiger partial charge in [0.25, 0.3) is 0 Å². The highest BCUT2D eigenvalue weighted by Gasteiger charge is 2.27. The molecule has 2 atom stereocenters. The van der Waals surface area contributed by atoms with Crippen molar-refractivity contribution in [3.8, 4) is 0 Å². The van der Waals surface area contributed by atoms with E-state index in [-0.39, 0.29) is 12.1 Å². The van der Waals surface area contributed by atoms with Crippen LogP contribution in [0.2, 0.25) is 5.02 Å². The first kappa shape index (κ1) is 15.9. The van der Waals surface area contributed by atoms with Gasteiger partial charge in [0.2, 0.25) is 0 Å². The second-order valence-corrected chi connectivity index (χ2v) is 6.48. The molecule has 122 valence electrons. The molecule has 1 aliphatic carbocycles. The van der Waals surface area contributed by atoms with Crippen molar-refractivity contribution in [2.24, 2.45) is 5.92 Å². The van der Waals surface area contributed by atoms with Gasteiger partial charge in [-0.1, -0.05) is 24.4 Å².